The Labute approximate surface area is 107 Å². The summed E-state index contributed by atoms with van der Waals surface area (Å²) in [5.74, 6) is 0.439. The van der Waals surface area contributed by atoms with E-state index < -0.39 is 0 Å². The van der Waals surface area contributed by atoms with E-state index >= 15 is 0 Å². The molecule has 0 aliphatic rings. The number of nitrogens with one attached hydrogen (secondary N) is 2. The van der Waals surface area contributed by atoms with Gasteiger partial charge in [0.2, 0.25) is 0 Å². The molecule has 0 aromatic heterocycles. The number of guanidine groups is 1. The summed E-state index contributed by atoms with van der Waals surface area (Å²) in [5.41, 5.74) is 0.873. The van der Waals surface area contributed by atoms with Crippen LogP contribution in [0.15, 0.2) is 29.3 Å². The van der Waals surface area contributed by atoms with Crippen molar-refractivity contribution in [3.05, 3.63) is 35.6 Å². The lowest BCUT2D eigenvalue weighted by atomic mass is 10.2. The summed E-state index contributed by atoms with van der Waals surface area (Å²) < 4.78 is 18.0. The SMILES string of the molecule is CN=C(NCc1cccc(F)c1)NC(C)COC. The first-order chi connectivity index (χ1) is 8.65. The van der Waals surface area contributed by atoms with Gasteiger partial charge in [-0.15, -0.1) is 0 Å². The van der Waals surface area contributed by atoms with E-state index in [1.54, 1.807) is 20.2 Å². The fraction of sp³-hybridized carbons (Fsp3) is 0.462. The molecule has 0 aliphatic heterocycles. The Morgan fingerprint density at radius 3 is 2.89 bits per heavy atom. The van der Waals surface area contributed by atoms with E-state index in [0.717, 1.165) is 5.56 Å². The molecule has 2 N–H and O–H groups in total. The first-order valence-electron chi connectivity index (χ1n) is 5.86. The maximum atomic E-state index is 13.0. The Hall–Kier alpha value is -1.62. The minimum atomic E-state index is -0.231. The summed E-state index contributed by atoms with van der Waals surface area (Å²) in [4.78, 5) is 4.09. The molecule has 4 nitrogen and oxygen atoms in total. The van der Waals surface area contributed by atoms with Crippen LogP contribution in [0.3, 0.4) is 0 Å². The highest BCUT2D eigenvalue weighted by Gasteiger charge is 2.04. The first kappa shape index (κ1) is 14.4. The van der Waals surface area contributed by atoms with Crippen LogP contribution in [0, 0.1) is 5.82 Å². The Morgan fingerprint density at radius 1 is 1.50 bits per heavy atom. The van der Waals surface area contributed by atoms with Crippen LogP contribution in [-0.2, 0) is 11.3 Å². The van der Waals surface area contributed by atoms with Gasteiger partial charge in [0.05, 0.1) is 6.61 Å². The molecule has 0 amide bonds. The van der Waals surface area contributed by atoms with Crippen LogP contribution in [0.25, 0.3) is 0 Å². The van der Waals surface area contributed by atoms with Crippen LogP contribution in [0.5, 0.6) is 0 Å². The second-order valence-electron chi connectivity index (χ2n) is 4.06. The lowest BCUT2D eigenvalue weighted by Gasteiger charge is -2.17. The Balaban J connectivity index is 2.45. The van der Waals surface area contributed by atoms with Gasteiger partial charge < -0.3 is 15.4 Å². The molecule has 1 atom stereocenters. The van der Waals surface area contributed by atoms with Crippen molar-refractivity contribution in [2.24, 2.45) is 4.99 Å². The van der Waals surface area contributed by atoms with Gasteiger partial charge in [0.15, 0.2) is 5.96 Å². The molecule has 0 aliphatic carbocycles. The molecule has 1 aromatic rings. The van der Waals surface area contributed by atoms with Crippen molar-refractivity contribution >= 4 is 5.96 Å². The van der Waals surface area contributed by atoms with Gasteiger partial charge in [-0.1, -0.05) is 12.1 Å². The molecule has 100 valence electrons. The summed E-state index contributed by atoms with van der Waals surface area (Å²) in [5, 5.41) is 6.29. The fourth-order valence-corrected chi connectivity index (χ4v) is 1.55. The minimum absolute atomic E-state index is 0.161. The molecule has 1 unspecified atom stereocenters. The standard InChI is InChI=1S/C13H20FN3O/c1-10(9-18-3)17-13(15-2)16-8-11-5-4-6-12(14)7-11/h4-7,10H,8-9H2,1-3H3,(H2,15,16,17). The van der Waals surface area contributed by atoms with Crippen molar-refractivity contribution in [2.75, 3.05) is 20.8 Å². The number of halogens is 1. The minimum Gasteiger partial charge on any atom is -0.383 e. The van der Waals surface area contributed by atoms with Gasteiger partial charge in [-0.25, -0.2) is 4.39 Å². The second-order valence-corrected chi connectivity index (χ2v) is 4.06. The van der Waals surface area contributed by atoms with Crippen molar-refractivity contribution < 1.29 is 9.13 Å². The predicted octanol–water partition coefficient (Wildman–Crippen LogP) is 1.53. The highest BCUT2D eigenvalue weighted by Crippen LogP contribution is 2.02. The number of methoxy groups -OCH3 is 1. The topological polar surface area (TPSA) is 45.7 Å². The highest BCUT2D eigenvalue weighted by atomic mass is 19.1. The van der Waals surface area contributed by atoms with Crippen molar-refractivity contribution in [2.45, 2.75) is 19.5 Å². The summed E-state index contributed by atoms with van der Waals surface area (Å²) in [7, 11) is 3.35. The number of rotatable bonds is 5. The number of aliphatic imine (C=N–C) groups is 1. The van der Waals surface area contributed by atoms with E-state index in [4.69, 9.17) is 4.74 Å². The fourth-order valence-electron chi connectivity index (χ4n) is 1.55. The van der Waals surface area contributed by atoms with Gasteiger partial charge in [-0.2, -0.15) is 0 Å². The summed E-state index contributed by atoms with van der Waals surface area (Å²) >= 11 is 0. The van der Waals surface area contributed by atoms with Crippen molar-refractivity contribution in [3.8, 4) is 0 Å². The molecular weight excluding hydrogens is 233 g/mol. The lowest BCUT2D eigenvalue weighted by molar-refractivity contribution is 0.179. The summed E-state index contributed by atoms with van der Waals surface area (Å²) in [6, 6.07) is 6.64. The van der Waals surface area contributed by atoms with Crippen LogP contribution >= 0.6 is 0 Å². The largest absolute Gasteiger partial charge is 0.383 e. The van der Waals surface area contributed by atoms with Gasteiger partial charge in [0.1, 0.15) is 5.82 Å². The monoisotopic (exact) mass is 253 g/mol. The summed E-state index contributed by atoms with van der Waals surface area (Å²) in [6.07, 6.45) is 0. The molecule has 5 heteroatoms. The quantitative estimate of drug-likeness (QED) is 0.618. The smallest absolute Gasteiger partial charge is 0.191 e. The molecule has 0 heterocycles. The third-order valence-corrected chi connectivity index (χ3v) is 2.37. The molecular formula is C13H20FN3O. The number of hydrogen-bond acceptors (Lipinski definition) is 2. The van der Waals surface area contributed by atoms with Gasteiger partial charge in [0, 0.05) is 26.7 Å². The normalized spacial score (nSPS) is 13.2. The van der Waals surface area contributed by atoms with E-state index in [0.29, 0.717) is 19.1 Å². The Bertz CT molecular complexity index is 396. The molecule has 0 radical (unpaired) electrons. The van der Waals surface area contributed by atoms with Crippen LogP contribution in [0.2, 0.25) is 0 Å². The van der Waals surface area contributed by atoms with Gasteiger partial charge in [-0.3, -0.25) is 4.99 Å². The van der Waals surface area contributed by atoms with Crippen LogP contribution in [-0.4, -0.2) is 32.8 Å². The maximum Gasteiger partial charge on any atom is 0.191 e. The molecule has 0 saturated carbocycles. The van der Waals surface area contributed by atoms with E-state index in [2.05, 4.69) is 15.6 Å². The maximum absolute atomic E-state index is 13.0. The molecule has 1 aromatic carbocycles. The zero-order valence-electron chi connectivity index (χ0n) is 11.0. The number of nitrogens with zero attached hydrogens (tertiary/aromatic N) is 1. The zero-order valence-corrected chi connectivity index (χ0v) is 11.0. The molecule has 18 heavy (non-hydrogen) atoms. The Kier molecular flexibility index (Phi) is 6.14. The molecule has 1 rings (SSSR count). The molecule has 0 bridgehead atoms. The van der Waals surface area contributed by atoms with Crippen LogP contribution in [0.1, 0.15) is 12.5 Å². The van der Waals surface area contributed by atoms with Crippen molar-refractivity contribution in [3.63, 3.8) is 0 Å². The van der Waals surface area contributed by atoms with E-state index in [1.807, 2.05) is 13.0 Å². The van der Waals surface area contributed by atoms with Crippen molar-refractivity contribution in [1.29, 1.82) is 0 Å². The number of benzene rings is 1. The molecule has 0 saturated heterocycles. The van der Waals surface area contributed by atoms with Gasteiger partial charge in [-0.05, 0) is 24.6 Å². The predicted molar refractivity (Wildman–Crippen MR) is 71.1 cm³/mol. The van der Waals surface area contributed by atoms with Gasteiger partial charge >= 0.3 is 0 Å². The van der Waals surface area contributed by atoms with E-state index in [-0.39, 0.29) is 11.9 Å². The Morgan fingerprint density at radius 2 is 2.28 bits per heavy atom. The average Bonchev–Trinajstić information content (AvgIpc) is 2.35. The third kappa shape index (κ3) is 5.14. The van der Waals surface area contributed by atoms with Crippen LogP contribution in [0.4, 0.5) is 4.39 Å². The van der Waals surface area contributed by atoms with Gasteiger partial charge in [0.25, 0.3) is 0 Å². The first-order valence-corrected chi connectivity index (χ1v) is 5.86. The van der Waals surface area contributed by atoms with E-state index in [1.165, 1.54) is 12.1 Å². The van der Waals surface area contributed by atoms with Crippen molar-refractivity contribution in [1.82, 2.24) is 10.6 Å². The second kappa shape index (κ2) is 7.66. The van der Waals surface area contributed by atoms with E-state index in [9.17, 15) is 4.39 Å². The third-order valence-electron chi connectivity index (χ3n) is 2.37. The highest BCUT2D eigenvalue weighted by molar-refractivity contribution is 5.79. The number of ether oxygens (including phenoxy) is 1. The summed E-state index contributed by atoms with van der Waals surface area (Å²) in [6.45, 7) is 3.12. The molecule has 0 fully saturated rings. The molecule has 0 spiro atoms. The zero-order chi connectivity index (χ0) is 13.4. The average molecular weight is 253 g/mol. The van der Waals surface area contributed by atoms with Crippen LogP contribution < -0.4 is 10.6 Å². The number of hydrogen-bond donors (Lipinski definition) is 2. The lowest BCUT2D eigenvalue weighted by Crippen LogP contribution is -2.43.